The molecular formula is C11H14FNO2. The van der Waals surface area contributed by atoms with Gasteiger partial charge in [0, 0.05) is 17.5 Å². The van der Waals surface area contributed by atoms with Crippen molar-refractivity contribution in [1.29, 1.82) is 0 Å². The number of hydrogen-bond acceptors (Lipinski definition) is 3. The molecule has 1 fully saturated rings. The Labute approximate surface area is 87.3 Å². The number of halogens is 1. The van der Waals surface area contributed by atoms with Crippen molar-refractivity contribution in [2.24, 2.45) is 5.73 Å². The highest BCUT2D eigenvalue weighted by molar-refractivity contribution is 5.51. The molecule has 4 heteroatoms. The van der Waals surface area contributed by atoms with Crippen molar-refractivity contribution in [3.63, 3.8) is 0 Å². The lowest BCUT2D eigenvalue weighted by atomic mass is 9.93. The molecule has 0 spiro atoms. The lowest BCUT2D eigenvalue weighted by molar-refractivity contribution is 0.379. The van der Waals surface area contributed by atoms with Gasteiger partial charge in [0.25, 0.3) is 0 Å². The fraction of sp³-hybridized carbons (Fsp3) is 0.455. The van der Waals surface area contributed by atoms with Crippen LogP contribution in [-0.4, -0.2) is 16.8 Å². The van der Waals surface area contributed by atoms with E-state index in [2.05, 4.69) is 0 Å². The van der Waals surface area contributed by atoms with Gasteiger partial charge in [-0.05, 0) is 31.4 Å². The minimum absolute atomic E-state index is 0.274. The Bertz CT molecular complexity index is 414. The van der Waals surface area contributed by atoms with E-state index in [1.165, 1.54) is 0 Å². The van der Waals surface area contributed by atoms with E-state index < -0.39 is 17.3 Å². The molecule has 82 valence electrons. The zero-order valence-electron chi connectivity index (χ0n) is 8.55. The van der Waals surface area contributed by atoms with Gasteiger partial charge in [0.15, 0.2) is 11.5 Å². The molecule has 0 bridgehead atoms. The summed E-state index contributed by atoms with van der Waals surface area (Å²) in [6.45, 7) is 2.00. The topological polar surface area (TPSA) is 66.5 Å². The molecule has 0 heterocycles. The van der Waals surface area contributed by atoms with Gasteiger partial charge < -0.3 is 15.9 Å². The van der Waals surface area contributed by atoms with Crippen LogP contribution >= 0.6 is 0 Å². The summed E-state index contributed by atoms with van der Waals surface area (Å²) in [5.41, 5.74) is 6.29. The Morgan fingerprint density at radius 2 is 2.00 bits per heavy atom. The van der Waals surface area contributed by atoms with E-state index in [4.69, 9.17) is 5.73 Å². The van der Waals surface area contributed by atoms with Gasteiger partial charge in [0.1, 0.15) is 0 Å². The molecule has 0 saturated heterocycles. The Hall–Kier alpha value is -1.29. The van der Waals surface area contributed by atoms with Crippen LogP contribution in [0.15, 0.2) is 6.07 Å². The lowest BCUT2D eigenvalue weighted by Crippen LogP contribution is -2.20. The van der Waals surface area contributed by atoms with Gasteiger partial charge in [-0.15, -0.1) is 0 Å². The van der Waals surface area contributed by atoms with Crippen LogP contribution in [0.2, 0.25) is 0 Å². The fourth-order valence-electron chi connectivity index (χ4n) is 1.90. The highest BCUT2D eigenvalue weighted by atomic mass is 19.1. The lowest BCUT2D eigenvalue weighted by Gasteiger charge is -2.16. The zero-order valence-corrected chi connectivity index (χ0v) is 8.55. The Balaban J connectivity index is 2.58. The van der Waals surface area contributed by atoms with E-state index >= 15 is 0 Å². The summed E-state index contributed by atoms with van der Waals surface area (Å²) in [5, 5.41) is 18.9. The largest absolute Gasteiger partial charge is 0.505 e. The Kier molecular flexibility index (Phi) is 2.12. The van der Waals surface area contributed by atoms with Gasteiger partial charge in [-0.25, -0.2) is 0 Å². The Morgan fingerprint density at radius 1 is 1.40 bits per heavy atom. The predicted octanol–water partition coefficient (Wildman–Crippen LogP) is 1.54. The van der Waals surface area contributed by atoms with E-state index in [1.807, 2.05) is 0 Å². The van der Waals surface area contributed by atoms with Crippen molar-refractivity contribution in [2.45, 2.75) is 25.2 Å². The first kappa shape index (κ1) is 10.2. The highest BCUT2D eigenvalue weighted by Gasteiger charge is 2.45. The SMILES string of the molecule is Cc1cc(C2(CN)CC2)c(O)c(F)c1O. The highest BCUT2D eigenvalue weighted by Crippen LogP contribution is 2.52. The van der Waals surface area contributed by atoms with Crippen LogP contribution in [0.1, 0.15) is 24.0 Å². The third kappa shape index (κ3) is 1.36. The third-order valence-corrected chi connectivity index (χ3v) is 3.22. The first-order valence-electron chi connectivity index (χ1n) is 4.93. The van der Waals surface area contributed by atoms with Gasteiger partial charge >= 0.3 is 0 Å². The molecule has 1 aromatic rings. The zero-order chi connectivity index (χ0) is 11.2. The molecule has 1 saturated carbocycles. The summed E-state index contributed by atoms with van der Waals surface area (Å²) in [7, 11) is 0. The molecule has 0 aromatic heterocycles. The van der Waals surface area contributed by atoms with E-state index in [0.29, 0.717) is 17.7 Å². The second kappa shape index (κ2) is 3.10. The third-order valence-electron chi connectivity index (χ3n) is 3.22. The maximum Gasteiger partial charge on any atom is 0.206 e. The summed E-state index contributed by atoms with van der Waals surface area (Å²) in [4.78, 5) is 0. The molecule has 0 amide bonds. The summed E-state index contributed by atoms with van der Waals surface area (Å²) in [6, 6.07) is 1.62. The number of hydrogen-bond donors (Lipinski definition) is 3. The van der Waals surface area contributed by atoms with E-state index in [-0.39, 0.29) is 5.41 Å². The van der Waals surface area contributed by atoms with Crippen LogP contribution in [0.5, 0.6) is 11.5 Å². The minimum Gasteiger partial charge on any atom is -0.505 e. The molecule has 0 atom stereocenters. The van der Waals surface area contributed by atoms with Crippen LogP contribution in [0.25, 0.3) is 0 Å². The van der Waals surface area contributed by atoms with Crippen LogP contribution < -0.4 is 5.73 Å². The average Bonchev–Trinajstić information content (AvgIpc) is 3.01. The van der Waals surface area contributed by atoms with Gasteiger partial charge in [-0.3, -0.25) is 0 Å². The van der Waals surface area contributed by atoms with Gasteiger partial charge in [0.2, 0.25) is 5.82 Å². The maximum atomic E-state index is 13.4. The van der Waals surface area contributed by atoms with E-state index in [1.54, 1.807) is 13.0 Å². The minimum atomic E-state index is -0.940. The van der Waals surface area contributed by atoms with Crippen molar-refractivity contribution in [3.8, 4) is 11.5 Å². The van der Waals surface area contributed by atoms with Crippen molar-refractivity contribution in [3.05, 3.63) is 23.0 Å². The molecule has 0 unspecified atom stereocenters. The van der Waals surface area contributed by atoms with Crippen LogP contribution in [-0.2, 0) is 5.41 Å². The molecule has 3 nitrogen and oxygen atoms in total. The van der Waals surface area contributed by atoms with Crippen molar-refractivity contribution in [1.82, 2.24) is 0 Å². The monoisotopic (exact) mass is 211 g/mol. The molecule has 0 radical (unpaired) electrons. The molecule has 4 N–H and O–H groups in total. The van der Waals surface area contributed by atoms with Gasteiger partial charge in [-0.2, -0.15) is 4.39 Å². The molecule has 0 aliphatic heterocycles. The van der Waals surface area contributed by atoms with Crippen molar-refractivity contribution in [2.75, 3.05) is 6.54 Å². The first-order chi connectivity index (χ1) is 7.02. The molecular weight excluding hydrogens is 197 g/mol. The smallest absolute Gasteiger partial charge is 0.206 e. The summed E-state index contributed by atoms with van der Waals surface area (Å²) >= 11 is 0. The second-order valence-electron chi connectivity index (χ2n) is 4.24. The Morgan fingerprint density at radius 3 is 2.47 bits per heavy atom. The average molecular weight is 211 g/mol. The number of phenols is 2. The van der Waals surface area contributed by atoms with Crippen molar-refractivity contribution >= 4 is 0 Å². The molecule has 1 aliphatic rings. The normalized spacial score (nSPS) is 17.8. The number of aromatic hydroxyl groups is 2. The molecule has 15 heavy (non-hydrogen) atoms. The quantitative estimate of drug-likeness (QED) is 0.695. The van der Waals surface area contributed by atoms with Crippen molar-refractivity contribution < 1.29 is 14.6 Å². The predicted molar refractivity (Wildman–Crippen MR) is 54.4 cm³/mol. The van der Waals surface area contributed by atoms with E-state index in [9.17, 15) is 14.6 Å². The maximum absolute atomic E-state index is 13.4. The fourth-order valence-corrected chi connectivity index (χ4v) is 1.90. The van der Waals surface area contributed by atoms with Crippen LogP contribution in [0, 0.1) is 12.7 Å². The first-order valence-corrected chi connectivity index (χ1v) is 4.93. The number of phenolic OH excluding ortho intramolecular Hbond substituents is 2. The molecule has 1 aliphatic carbocycles. The molecule has 2 rings (SSSR count). The summed E-state index contributed by atoms with van der Waals surface area (Å²) < 4.78 is 13.4. The summed E-state index contributed by atoms with van der Waals surface area (Å²) in [6.07, 6.45) is 1.72. The summed E-state index contributed by atoms with van der Waals surface area (Å²) in [5.74, 6) is -1.88. The number of nitrogens with two attached hydrogens (primary N) is 1. The van der Waals surface area contributed by atoms with E-state index in [0.717, 1.165) is 12.8 Å². The van der Waals surface area contributed by atoms with Gasteiger partial charge in [-0.1, -0.05) is 0 Å². The van der Waals surface area contributed by atoms with Crippen LogP contribution in [0.3, 0.4) is 0 Å². The number of rotatable bonds is 2. The second-order valence-corrected chi connectivity index (χ2v) is 4.24. The number of benzene rings is 1. The molecule has 1 aromatic carbocycles. The standard InChI is InChI=1S/C11H14FNO2/c1-6-4-7(11(5-13)2-3-11)10(15)8(12)9(6)14/h4,14-15H,2-3,5,13H2,1H3. The van der Waals surface area contributed by atoms with Gasteiger partial charge in [0.05, 0.1) is 0 Å². The number of aryl methyl sites for hydroxylation is 1. The van der Waals surface area contributed by atoms with Crippen LogP contribution in [0.4, 0.5) is 4.39 Å².